The van der Waals surface area contributed by atoms with Gasteiger partial charge in [-0.1, -0.05) is 42.2 Å². The zero-order chi connectivity index (χ0) is 28.2. The maximum Gasteiger partial charge on any atom is 0.258 e. The molecule has 0 bridgehead atoms. The van der Waals surface area contributed by atoms with E-state index in [-0.39, 0.29) is 23.0 Å². The van der Waals surface area contributed by atoms with Crippen LogP contribution in [0.1, 0.15) is 80.6 Å². The fourth-order valence-corrected chi connectivity index (χ4v) is 8.34. The van der Waals surface area contributed by atoms with Gasteiger partial charge in [0, 0.05) is 41.1 Å². The molecule has 5 heteroatoms. The highest BCUT2D eigenvalue weighted by molar-refractivity contribution is 6.30. The molecular formula is C35H36ClNO3. The number of hydrogen-bond acceptors (Lipinski definition) is 3. The summed E-state index contributed by atoms with van der Waals surface area (Å²) >= 11 is 6.01. The molecule has 0 aliphatic heterocycles. The molecule has 1 N–H and O–H groups in total. The molecular weight excluding hydrogens is 518 g/mol. The van der Waals surface area contributed by atoms with Gasteiger partial charge < -0.3 is 10.0 Å². The molecule has 1 amide bonds. The molecule has 4 aliphatic rings. The summed E-state index contributed by atoms with van der Waals surface area (Å²) in [5, 5.41) is 12.5. The maximum atomic E-state index is 13.1. The number of amides is 1. The summed E-state index contributed by atoms with van der Waals surface area (Å²) in [5.74, 6) is 7.29. The van der Waals surface area contributed by atoms with Crippen LogP contribution in [0.25, 0.3) is 0 Å². The average molecular weight is 554 g/mol. The average Bonchev–Trinajstić information content (AvgIpc) is 3.22. The third-order valence-corrected chi connectivity index (χ3v) is 10.5. The number of benzene rings is 2. The topological polar surface area (TPSA) is 57.6 Å². The van der Waals surface area contributed by atoms with E-state index < -0.39 is 5.60 Å². The van der Waals surface area contributed by atoms with Gasteiger partial charge in [0.05, 0.1) is 0 Å². The largest absolute Gasteiger partial charge is 0.377 e. The number of halogens is 1. The Kier molecular flexibility index (Phi) is 6.80. The van der Waals surface area contributed by atoms with Crippen molar-refractivity contribution in [2.24, 2.45) is 17.3 Å². The summed E-state index contributed by atoms with van der Waals surface area (Å²) in [6.07, 6.45) is 7.73. The van der Waals surface area contributed by atoms with Gasteiger partial charge in [0.15, 0.2) is 5.78 Å². The van der Waals surface area contributed by atoms with E-state index in [2.05, 4.69) is 30.9 Å². The fraction of sp³-hybridized carbons (Fsp3) is 0.429. The lowest BCUT2D eigenvalue weighted by Crippen LogP contribution is -2.51. The molecule has 0 aromatic heterocycles. The van der Waals surface area contributed by atoms with E-state index in [1.165, 1.54) is 22.3 Å². The summed E-state index contributed by atoms with van der Waals surface area (Å²) < 4.78 is 0. The Morgan fingerprint density at radius 2 is 1.77 bits per heavy atom. The third kappa shape index (κ3) is 4.26. The Bertz CT molecular complexity index is 1490. The van der Waals surface area contributed by atoms with Crippen LogP contribution in [-0.4, -0.2) is 29.4 Å². The number of hydrogen-bond donors (Lipinski definition) is 1. The molecule has 0 heterocycles. The van der Waals surface area contributed by atoms with Gasteiger partial charge in [0.25, 0.3) is 5.91 Å². The number of rotatable bonds is 3. The van der Waals surface area contributed by atoms with E-state index in [0.29, 0.717) is 35.3 Å². The van der Waals surface area contributed by atoms with Crippen LogP contribution in [0.15, 0.2) is 71.3 Å². The number of fused-ring (bicyclic) bond motifs is 4. The zero-order valence-electron chi connectivity index (χ0n) is 23.5. The van der Waals surface area contributed by atoms with Crippen molar-refractivity contribution < 1.29 is 14.7 Å². The van der Waals surface area contributed by atoms with Crippen molar-refractivity contribution in [2.75, 3.05) is 11.9 Å². The number of anilines is 1. The molecule has 0 unspecified atom stereocenters. The summed E-state index contributed by atoms with van der Waals surface area (Å²) in [4.78, 5) is 27.1. The van der Waals surface area contributed by atoms with Crippen LogP contribution in [0.4, 0.5) is 5.69 Å². The summed E-state index contributed by atoms with van der Waals surface area (Å²) in [6.45, 7) is 4.08. The first-order chi connectivity index (χ1) is 19.1. The lowest BCUT2D eigenvalue weighted by atomic mass is 9.51. The predicted molar refractivity (Wildman–Crippen MR) is 159 cm³/mol. The lowest BCUT2D eigenvalue weighted by Gasteiger charge is -2.53. The number of nitrogens with zero attached hydrogens (tertiary/aromatic N) is 1. The first-order valence-electron chi connectivity index (χ1n) is 14.4. The number of carbonyl (C=O) groups is 2. The van der Waals surface area contributed by atoms with Crippen LogP contribution < -0.4 is 4.90 Å². The lowest BCUT2D eigenvalue weighted by molar-refractivity contribution is -0.114. The summed E-state index contributed by atoms with van der Waals surface area (Å²) in [5.41, 5.74) is 5.38. The minimum absolute atomic E-state index is 0.0921. The minimum Gasteiger partial charge on any atom is -0.377 e. The first kappa shape index (κ1) is 27.1. The molecule has 0 radical (unpaired) electrons. The van der Waals surface area contributed by atoms with Crippen LogP contribution in [0.3, 0.4) is 0 Å². The van der Waals surface area contributed by atoms with Gasteiger partial charge >= 0.3 is 0 Å². The molecule has 206 valence electrons. The van der Waals surface area contributed by atoms with E-state index >= 15 is 0 Å². The Hall–Kier alpha value is -3.13. The van der Waals surface area contributed by atoms with Crippen LogP contribution in [0.5, 0.6) is 0 Å². The zero-order valence-corrected chi connectivity index (χ0v) is 24.2. The molecule has 4 aliphatic carbocycles. The van der Waals surface area contributed by atoms with Crippen molar-refractivity contribution in [3.8, 4) is 11.8 Å². The maximum absolute atomic E-state index is 13.1. The van der Waals surface area contributed by atoms with Crippen molar-refractivity contribution in [3.63, 3.8) is 0 Å². The Morgan fingerprint density at radius 3 is 2.48 bits per heavy atom. The Balaban J connectivity index is 1.39. The van der Waals surface area contributed by atoms with Crippen molar-refractivity contribution >= 4 is 29.0 Å². The molecule has 0 spiro atoms. The normalized spacial score (nSPS) is 30.9. The first-order valence-corrected chi connectivity index (χ1v) is 14.8. The van der Waals surface area contributed by atoms with E-state index in [1.807, 2.05) is 25.1 Å². The molecule has 6 rings (SSSR count). The molecule has 0 saturated heterocycles. The minimum atomic E-state index is -0.995. The summed E-state index contributed by atoms with van der Waals surface area (Å²) in [6, 6.07) is 15.3. The number of allylic oxidation sites excluding steroid dienone is 4. The molecule has 4 nitrogen and oxygen atoms in total. The van der Waals surface area contributed by atoms with Crippen LogP contribution >= 0.6 is 11.6 Å². The van der Waals surface area contributed by atoms with E-state index in [1.54, 1.807) is 36.2 Å². The SMILES string of the molecule is CC#C[C@]1(O)CC[C@H]2[C@@H]3CCC4=CC(=O)CCC4=C3[C@@H](c3ccc(N(C)C(=O)c4ccc(Cl)cc4)cc3)C[C@@]21C. The quantitative estimate of drug-likeness (QED) is 0.407. The van der Waals surface area contributed by atoms with Crippen LogP contribution in [0.2, 0.25) is 5.02 Å². The second-order valence-electron chi connectivity index (χ2n) is 12.2. The van der Waals surface area contributed by atoms with Crippen molar-refractivity contribution in [1.29, 1.82) is 0 Å². The Labute approximate surface area is 242 Å². The smallest absolute Gasteiger partial charge is 0.258 e. The van der Waals surface area contributed by atoms with Crippen LogP contribution in [-0.2, 0) is 4.79 Å². The van der Waals surface area contributed by atoms with Crippen molar-refractivity contribution in [1.82, 2.24) is 0 Å². The molecule has 40 heavy (non-hydrogen) atoms. The van der Waals surface area contributed by atoms with Gasteiger partial charge in [-0.3, -0.25) is 9.59 Å². The number of ketones is 1. The number of carbonyl (C=O) groups excluding carboxylic acids is 2. The Morgan fingerprint density at radius 1 is 1.05 bits per heavy atom. The van der Waals surface area contributed by atoms with Gasteiger partial charge in [-0.15, -0.1) is 5.92 Å². The molecule has 2 saturated carbocycles. The second kappa shape index (κ2) is 10.1. The van der Waals surface area contributed by atoms with Gasteiger partial charge in [-0.2, -0.15) is 0 Å². The highest BCUT2D eigenvalue weighted by Crippen LogP contribution is 2.66. The van der Waals surface area contributed by atoms with E-state index in [0.717, 1.165) is 37.8 Å². The molecule has 2 aromatic carbocycles. The van der Waals surface area contributed by atoms with Crippen LogP contribution in [0, 0.1) is 29.1 Å². The highest BCUT2D eigenvalue weighted by atomic mass is 35.5. The number of aliphatic hydroxyl groups is 1. The second-order valence-corrected chi connectivity index (χ2v) is 12.7. The third-order valence-electron chi connectivity index (χ3n) is 10.3. The summed E-state index contributed by atoms with van der Waals surface area (Å²) in [7, 11) is 1.79. The van der Waals surface area contributed by atoms with E-state index in [9.17, 15) is 14.7 Å². The van der Waals surface area contributed by atoms with Gasteiger partial charge in [0.1, 0.15) is 5.60 Å². The standard InChI is InChI=1S/C35H36ClNO3/c1-4-18-35(40)19-17-31-29-15-9-24-20-27(38)14-16-28(24)32(29)30(21-34(31,35)2)22-7-12-26(13-8-22)37(3)33(39)23-5-10-25(36)11-6-23/h5-8,10-13,20,29-31,40H,9,14-17,19,21H2,1-3H3/t29-,30+,31-,34-,35-/m0/s1. The predicted octanol–water partition coefficient (Wildman–Crippen LogP) is 7.27. The molecule has 5 atom stereocenters. The van der Waals surface area contributed by atoms with Gasteiger partial charge in [-0.05, 0) is 116 Å². The van der Waals surface area contributed by atoms with Gasteiger partial charge in [-0.25, -0.2) is 0 Å². The van der Waals surface area contributed by atoms with Gasteiger partial charge in [0.2, 0.25) is 0 Å². The van der Waals surface area contributed by atoms with E-state index in [4.69, 9.17) is 11.6 Å². The van der Waals surface area contributed by atoms with Crippen molar-refractivity contribution in [3.05, 3.63) is 87.5 Å². The monoisotopic (exact) mass is 553 g/mol. The molecule has 2 aromatic rings. The fourth-order valence-electron chi connectivity index (χ4n) is 8.21. The van der Waals surface area contributed by atoms with Crippen molar-refractivity contribution in [2.45, 2.75) is 70.3 Å². The highest BCUT2D eigenvalue weighted by Gasteiger charge is 2.62. The molecule has 2 fully saturated rings.